The summed E-state index contributed by atoms with van der Waals surface area (Å²) in [6, 6.07) is 21.1. The van der Waals surface area contributed by atoms with E-state index in [9.17, 15) is 19.5 Å². The Morgan fingerprint density at radius 1 is 0.893 bits per heavy atom. The van der Waals surface area contributed by atoms with E-state index in [-0.39, 0.29) is 46.4 Å². The largest absolute Gasteiger partial charge is 0.504 e. The van der Waals surface area contributed by atoms with Crippen LogP contribution in [0.5, 0.6) is 17.2 Å². The number of hydrazine groups is 1. The second-order valence-electron chi connectivity index (χ2n) is 14.4. The molecular weight excluding hydrogens is 825 g/mol. The lowest BCUT2D eigenvalue weighted by molar-refractivity contribution is -0.138. The summed E-state index contributed by atoms with van der Waals surface area (Å²) in [5.74, 6) is -6.29. The average molecular weight is 860 g/mol. The van der Waals surface area contributed by atoms with Crippen molar-refractivity contribution in [3.05, 3.63) is 122 Å². The number of aromatic hydroxyl groups is 1. The van der Waals surface area contributed by atoms with E-state index in [1.807, 2.05) is 6.08 Å². The first-order valence-corrected chi connectivity index (χ1v) is 19.4. The maximum atomic E-state index is 15.5. The summed E-state index contributed by atoms with van der Waals surface area (Å²) in [4.78, 5) is 72.5. The number of rotatable bonds is 8. The lowest BCUT2D eigenvalue weighted by atomic mass is 9.49. The predicted octanol–water partition coefficient (Wildman–Crippen LogP) is 7.87. The molecule has 2 heterocycles. The van der Waals surface area contributed by atoms with E-state index in [1.54, 1.807) is 72.8 Å². The Bertz CT molecular complexity index is 2390. The van der Waals surface area contributed by atoms with Crippen molar-refractivity contribution in [1.29, 1.82) is 0 Å². The minimum atomic E-state index is -1.69. The number of allylic oxidation sites excluding steroid dienone is 2. The Kier molecular flexibility index (Phi) is 9.50. The number of fused-ring (bicyclic) bond motifs is 4. The number of phenolic OH excluding ortho intramolecular Hbond substituents is 1. The number of ether oxygens (including phenoxy) is 2. The number of Topliss-reactive ketones (excluding diaryl/α,β-unsaturated/α-hetero) is 1. The van der Waals surface area contributed by atoms with E-state index in [2.05, 4.69) is 21.4 Å². The molecule has 3 fully saturated rings. The Balaban J connectivity index is 1.34. The number of nitrogens with zero attached hydrogens (tertiary/aromatic N) is 2. The van der Waals surface area contributed by atoms with Crippen molar-refractivity contribution in [1.82, 2.24) is 5.01 Å². The Morgan fingerprint density at radius 3 is 2.25 bits per heavy atom. The maximum absolute atomic E-state index is 15.5. The summed E-state index contributed by atoms with van der Waals surface area (Å²) in [6.45, 7) is 1.43. The molecule has 4 aromatic rings. The summed E-state index contributed by atoms with van der Waals surface area (Å²) in [7, 11) is 2.93. The number of carbonyl (C=O) groups is 5. The molecule has 286 valence electrons. The maximum Gasteiger partial charge on any atom is 0.260 e. The van der Waals surface area contributed by atoms with Crippen molar-refractivity contribution in [3.63, 3.8) is 0 Å². The third kappa shape index (κ3) is 5.63. The second-order valence-corrected chi connectivity index (χ2v) is 16.1. The highest BCUT2D eigenvalue weighted by Crippen LogP contribution is 2.65. The number of phenols is 1. The summed E-state index contributed by atoms with van der Waals surface area (Å²) in [5.41, 5.74) is 3.68. The van der Waals surface area contributed by atoms with Gasteiger partial charge in [0.25, 0.3) is 11.8 Å². The number of hydrogen-bond donors (Lipinski definition) is 2. The number of benzene rings is 4. The fraction of sp³-hybridized carbons (Fsp3) is 0.262. The zero-order valence-electron chi connectivity index (χ0n) is 30.2. The van der Waals surface area contributed by atoms with Gasteiger partial charge in [-0.05, 0) is 98.0 Å². The van der Waals surface area contributed by atoms with Gasteiger partial charge in [-0.1, -0.05) is 62.9 Å². The van der Waals surface area contributed by atoms with Gasteiger partial charge in [-0.3, -0.25) is 34.3 Å². The first-order valence-electron chi connectivity index (χ1n) is 17.8. The molecule has 11 nitrogen and oxygen atoms in total. The Labute approximate surface area is 340 Å². The molecule has 2 saturated heterocycles. The van der Waals surface area contributed by atoms with Gasteiger partial charge < -0.3 is 14.6 Å². The van der Waals surface area contributed by atoms with Crippen LogP contribution in [0.4, 0.5) is 11.4 Å². The number of hydrogen-bond acceptors (Lipinski definition) is 9. The lowest BCUT2D eigenvalue weighted by Crippen LogP contribution is -2.53. The van der Waals surface area contributed by atoms with Crippen LogP contribution < -0.4 is 19.8 Å². The van der Waals surface area contributed by atoms with E-state index in [0.29, 0.717) is 37.6 Å². The average Bonchev–Trinajstić information content (AvgIpc) is 3.57. The third-order valence-electron chi connectivity index (χ3n) is 11.7. The number of methoxy groups -OCH3 is 2. The minimum absolute atomic E-state index is 0.0225. The molecule has 56 heavy (non-hydrogen) atoms. The van der Waals surface area contributed by atoms with Crippen LogP contribution in [0.15, 0.2) is 95.0 Å². The molecule has 2 N–H and O–H groups in total. The molecule has 0 spiro atoms. The van der Waals surface area contributed by atoms with Gasteiger partial charge in [-0.25, -0.2) is 0 Å². The van der Waals surface area contributed by atoms with Crippen LogP contribution >= 0.6 is 39.1 Å². The van der Waals surface area contributed by atoms with Crippen LogP contribution in [-0.4, -0.2) is 53.7 Å². The number of halogens is 3. The molecule has 4 amide bonds. The number of ketones is 1. The molecule has 4 aromatic carbocycles. The van der Waals surface area contributed by atoms with Crippen molar-refractivity contribution >= 4 is 79.9 Å². The molecule has 2 aliphatic carbocycles. The van der Waals surface area contributed by atoms with E-state index >= 15 is 9.59 Å². The van der Waals surface area contributed by atoms with Gasteiger partial charge in [0, 0.05) is 26.5 Å². The summed E-state index contributed by atoms with van der Waals surface area (Å²) < 4.78 is 11.6. The zero-order chi connectivity index (χ0) is 39.8. The summed E-state index contributed by atoms with van der Waals surface area (Å²) >= 11 is 16.3. The van der Waals surface area contributed by atoms with Crippen molar-refractivity contribution in [3.8, 4) is 17.2 Å². The molecule has 4 aliphatic rings. The van der Waals surface area contributed by atoms with Gasteiger partial charge in [-0.15, -0.1) is 0 Å². The first kappa shape index (κ1) is 37.7. The highest BCUT2D eigenvalue weighted by Gasteiger charge is 2.71. The van der Waals surface area contributed by atoms with E-state index in [0.717, 1.165) is 9.91 Å². The van der Waals surface area contributed by atoms with Crippen LogP contribution in [0, 0.1) is 23.7 Å². The van der Waals surface area contributed by atoms with Crippen LogP contribution in [0.25, 0.3) is 0 Å². The second kappa shape index (κ2) is 14.1. The number of anilines is 2. The normalized spacial score (nSPS) is 25.4. The van der Waals surface area contributed by atoms with Gasteiger partial charge in [0.1, 0.15) is 5.75 Å². The molecule has 0 radical (unpaired) electrons. The van der Waals surface area contributed by atoms with Crippen LogP contribution in [0.1, 0.15) is 47.2 Å². The number of amides is 4. The molecule has 0 bridgehead atoms. The molecular formula is C42H34BrCl2N3O8. The van der Waals surface area contributed by atoms with E-state index < -0.39 is 58.6 Å². The SMILES string of the molecule is COc1ccc([C@@]23C(=O)N(Nc4ccc(Cl)cc4Cl)C(=O)[C@@H]2C[C@@H]2C(=CC[C@@H]4C(=O)N(c5ccc(C(C)=O)cc5)C(=O)[C@@H]42)[C@@H]3c2cc(Br)cc(OC)c2O)cc1. The number of imide groups is 2. The fourth-order valence-corrected chi connectivity index (χ4v) is 10.2. The number of carbonyl (C=O) groups excluding carboxylic acids is 5. The highest BCUT2D eigenvalue weighted by atomic mass is 79.9. The molecule has 8 rings (SSSR count). The monoisotopic (exact) mass is 857 g/mol. The topological polar surface area (TPSA) is 143 Å². The van der Waals surface area contributed by atoms with Gasteiger partial charge in [0.15, 0.2) is 17.3 Å². The Hall–Kier alpha value is -5.17. The van der Waals surface area contributed by atoms with Gasteiger partial charge in [0.05, 0.1) is 53.8 Å². The Morgan fingerprint density at radius 2 is 1.61 bits per heavy atom. The summed E-state index contributed by atoms with van der Waals surface area (Å²) in [6.07, 6.45) is 2.08. The van der Waals surface area contributed by atoms with E-state index in [1.165, 1.54) is 27.2 Å². The smallest absolute Gasteiger partial charge is 0.260 e. The third-order valence-corrected chi connectivity index (χ3v) is 12.7. The van der Waals surface area contributed by atoms with Crippen molar-refractivity contribution < 1.29 is 38.6 Å². The van der Waals surface area contributed by atoms with Crippen molar-refractivity contribution in [2.75, 3.05) is 24.5 Å². The van der Waals surface area contributed by atoms with Crippen LogP contribution in [0.2, 0.25) is 10.0 Å². The van der Waals surface area contributed by atoms with Crippen molar-refractivity contribution in [2.45, 2.75) is 31.1 Å². The van der Waals surface area contributed by atoms with Crippen LogP contribution in [0.3, 0.4) is 0 Å². The molecule has 0 unspecified atom stereocenters. The molecule has 0 aromatic heterocycles. The standard InChI is InChI=1S/C42H34BrCl2N3O8/c1-20(49)21-4-9-25(10-5-21)47-38(51)28-14-13-27-29(35(28)40(47)53)19-31-39(52)48(46-33-15-8-24(44)18-32(33)45)41(54)42(31,22-6-11-26(55-2)12-7-22)36(27)30-16-23(43)17-34(56-3)37(30)50/h4-13,15-18,28-29,31,35-36,46,50H,14,19H2,1-3H3/t28-,29+,31-,35-,36+,42+/m0/s1. The molecule has 6 atom stereocenters. The van der Waals surface area contributed by atoms with Crippen molar-refractivity contribution in [2.24, 2.45) is 23.7 Å². The zero-order valence-corrected chi connectivity index (χ0v) is 33.3. The molecule has 2 aliphatic heterocycles. The van der Waals surface area contributed by atoms with Gasteiger partial charge in [-0.2, -0.15) is 5.01 Å². The number of nitrogens with one attached hydrogen (secondary N) is 1. The summed E-state index contributed by atoms with van der Waals surface area (Å²) in [5, 5.41) is 13.5. The van der Waals surface area contributed by atoms with Gasteiger partial charge in [0.2, 0.25) is 11.8 Å². The lowest BCUT2D eigenvalue weighted by Gasteiger charge is -2.50. The highest BCUT2D eigenvalue weighted by molar-refractivity contribution is 9.10. The fourth-order valence-electron chi connectivity index (χ4n) is 9.26. The van der Waals surface area contributed by atoms with Gasteiger partial charge >= 0.3 is 0 Å². The first-order chi connectivity index (χ1) is 26.8. The van der Waals surface area contributed by atoms with Crippen LogP contribution in [-0.2, 0) is 24.6 Å². The minimum Gasteiger partial charge on any atom is -0.504 e. The van der Waals surface area contributed by atoms with E-state index in [4.69, 9.17) is 32.7 Å². The molecule has 14 heteroatoms. The quantitative estimate of drug-likeness (QED) is 0.103. The molecule has 1 saturated carbocycles. The predicted molar refractivity (Wildman–Crippen MR) is 212 cm³/mol.